The van der Waals surface area contributed by atoms with Crippen LogP contribution in [0.5, 0.6) is 0 Å². The van der Waals surface area contributed by atoms with E-state index in [4.69, 9.17) is 5.11 Å². The summed E-state index contributed by atoms with van der Waals surface area (Å²) in [6, 6.07) is 0. The molecule has 1 aliphatic heterocycles. The van der Waals surface area contributed by atoms with Crippen molar-refractivity contribution in [3.8, 4) is 0 Å². The Bertz CT molecular complexity index is 157. The lowest BCUT2D eigenvalue weighted by Crippen LogP contribution is -2.12. The van der Waals surface area contributed by atoms with Gasteiger partial charge >= 0.3 is 5.97 Å². The van der Waals surface area contributed by atoms with Crippen LogP contribution in [0.2, 0.25) is 0 Å². The number of carboxylic acid groups (broad SMARTS) is 1. The van der Waals surface area contributed by atoms with Crippen LogP contribution in [0.1, 0.15) is 12.8 Å². The maximum Gasteiger partial charge on any atom is 0.327 e. The number of hydrogen-bond donors (Lipinski definition) is 2. The first-order valence-electron chi connectivity index (χ1n) is 3.29. The van der Waals surface area contributed by atoms with E-state index >= 15 is 0 Å². The Balaban J connectivity index is 0.000000187. The molecule has 0 spiro atoms. The molecule has 0 aromatic heterocycles. The van der Waals surface area contributed by atoms with Crippen molar-refractivity contribution in [1.29, 1.82) is 0 Å². The van der Waals surface area contributed by atoms with Crippen molar-refractivity contribution in [1.82, 2.24) is 5.32 Å². The first-order valence-corrected chi connectivity index (χ1v) is 3.29. The van der Waals surface area contributed by atoms with Gasteiger partial charge in [0.2, 0.25) is 5.91 Å². The van der Waals surface area contributed by atoms with E-state index in [-0.39, 0.29) is 5.91 Å². The number of rotatable bonds is 1. The fraction of sp³-hybridized carbons (Fsp3) is 0.429. The van der Waals surface area contributed by atoms with E-state index in [9.17, 15) is 9.59 Å². The largest absolute Gasteiger partial charge is 0.478 e. The SMILES string of the molecule is C=CC(=O)O.O=C1CCCN1. The average molecular weight is 157 g/mol. The van der Waals surface area contributed by atoms with Gasteiger partial charge in [0, 0.05) is 19.0 Å². The van der Waals surface area contributed by atoms with Crippen LogP contribution in [0.15, 0.2) is 12.7 Å². The molecular formula is C7H11NO3. The predicted octanol–water partition coefficient (Wildman–Crippen LogP) is 0.153. The molecule has 1 heterocycles. The van der Waals surface area contributed by atoms with Gasteiger partial charge in [-0.2, -0.15) is 0 Å². The second-order valence-corrected chi connectivity index (χ2v) is 2.00. The Morgan fingerprint density at radius 1 is 1.73 bits per heavy atom. The fourth-order valence-electron chi connectivity index (χ4n) is 0.565. The lowest BCUT2D eigenvalue weighted by molar-refractivity contribution is -0.131. The van der Waals surface area contributed by atoms with Crippen molar-refractivity contribution in [3.63, 3.8) is 0 Å². The second kappa shape index (κ2) is 5.46. The van der Waals surface area contributed by atoms with Crippen molar-refractivity contribution in [2.24, 2.45) is 0 Å². The van der Waals surface area contributed by atoms with E-state index in [1.165, 1.54) is 0 Å². The Labute approximate surface area is 64.9 Å². The normalized spacial score (nSPS) is 14.4. The molecule has 0 saturated carbocycles. The summed E-state index contributed by atoms with van der Waals surface area (Å²) in [4.78, 5) is 19.4. The zero-order chi connectivity index (χ0) is 8.69. The van der Waals surface area contributed by atoms with Gasteiger partial charge in [0.15, 0.2) is 0 Å². The van der Waals surface area contributed by atoms with E-state index < -0.39 is 5.97 Å². The van der Waals surface area contributed by atoms with E-state index in [1.54, 1.807) is 0 Å². The molecule has 1 saturated heterocycles. The van der Waals surface area contributed by atoms with Crippen molar-refractivity contribution >= 4 is 11.9 Å². The standard InChI is InChI=1S/C4H7NO.C3H4O2/c6-4-2-1-3-5-4;1-2-3(4)5/h1-3H2,(H,5,6);2H,1H2,(H,4,5). The molecule has 1 rings (SSSR count). The Kier molecular flexibility index (Phi) is 4.81. The Morgan fingerprint density at radius 3 is 2.36 bits per heavy atom. The van der Waals surface area contributed by atoms with Crippen LogP contribution >= 0.6 is 0 Å². The van der Waals surface area contributed by atoms with E-state index in [0.29, 0.717) is 0 Å². The number of carboxylic acids is 1. The van der Waals surface area contributed by atoms with Crippen LogP contribution in [0.25, 0.3) is 0 Å². The third-order valence-corrected chi connectivity index (χ3v) is 1.08. The summed E-state index contributed by atoms with van der Waals surface area (Å²) in [7, 11) is 0. The molecule has 11 heavy (non-hydrogen) atoms. The quantitative estimate of drug-likeness (QED) is 0.532. The molecule has 2 N–H and O–H groups in total. The summed E-state index contributed by atoms with van der Waals surface area (Å²) >= 11 is 0. The zero-order valence-corrected chi connectivity index (χ0v) is 6.17. The number of hydrogen-bond acceptors (Lipinski definition) is 2. The zero-order valence-electron chi connectivity index (χ0n) is 6.17. The number of aliphatic carboxylic acids is 1. The van der Waals surface area contributed by atoms with Gasteiger partial charge < -0.3 is 10.4 Å². The molecule has 62 valence electrons. The van der Waals surface area contributed by atoms with E-state index in [0.717, 1.165) is 25.5 Å². The van der Waals surface area contributed by atoms with Gasteiger partial charge in [-0.05, 0) is 6.42 Å². The third-order valence-electron chi connectivity index (χ3n) is 1.08. The van der Waals surface area contributed by atoms with Gasteiger partial charge in [-0.25, -0.2) is 4.79 Å². The molecule has 1 amide bonds. The average Bonchev–Trinajstić information content (AvgIpc) is 2.41. The van der Waals surface area contributed by atoms with Crippen LogP contribution in [0, 0.1) is 0 Å². The predicted molar refractivity (Wildman–Crippen MR) is 40.1 cm³/mol. The van der Waals surface area contributed by atoms with Gasteiger partial charge in [-0.1, -0.05) is 6.58 Å². The maximum atomic E-state index is 10.1. The maximum absolute atomic E-state index is 10.1. The van der Waals surface area contributed by atoms with Crippen molar-refractivity contribution < 1.29 is 14.7 Å². The minimum atomic E-state index is -0.981. The first-order chi connectivity index (χ1) is 5.16. The molecule has 0 aromatic rings. The monoisotopic (exact) mass is 157 g/mol. The molecule has 4 heteroatoms. The van der Waals surface area contributed by atoms with Gasteiger partial charge in [0.1, 0.15) is 0 Å². The van der Waals surface area contributed by atoms with E-state index in [2.05, 4.69) is 11.9 Å². The van der Waals surface area contributed by atoms with Gasteiger partial charge in [0.05, 0.1) is 0 Å². The molecule has 0 aliphatic carbocycles. The summed E-state index contributed by atoms with van der Waals surface area (Å²) in [6.07, 6.45) is 2.60. The third kappa shape index (κ3) is 6.57. The number of carbonyl (C=O) groups excluding carboxylic acids is 1. The number of amides is 1. The molecule has 1 aliphatic rings. The second-order valence-electron chi connectivity index (χ2n) is 2.00. The van der Waals surface area contributed by atoms with Gasteiger partial charge in [0.25, 0.3) is 0 Å². The van der Waals surface area contributed by atoms with Crippen molar-refractivity contribution in [2.45, 2.75) is 12.8 Å². The fourth-order valence-corrected chi connectivity index (χ4v) is 0.565. The highest BCUT2D eigenvalue weighted by molar-refractivity contribution is 5.78. The highest BCUT2D eigenvalue weighted by Gasteiger charge is 2.05. The molecular weight excluding hydrogens is 146 g/mol. The van der Waals surface area contributed by atoms with E-state index in [1.807, 2.05) is 0 Å². The summed E-state index contributed by atoms with van der Waals surface area (Å²) in [5.41, 5.74) is 0. The summed E-state index contributed by atoms with van der Waals surface area (Å²) in [5.74, 6) is -0.778. The van der Waals surface area contributed by atoms with Crippen LogP contribution in [0.4, 0.5) is 0 Å². The van der Waals surface area contributed by atoms with Crippen LogP contribution in [0.3, 0.4) is 0 Å². The molecule has 4 nitrogen and oxygen atoms in total. The highest BCUT2D eigenvalue weighted by Crippen LogP contribution is 1.93. The van der Waals surface area contributed by atoms with Crippen LogP contribution in [-0.2, 0) is 9.59 Å². The molecule has 0 radical (unpaired) electrons. The van der Waals surface area contributed by atoms with Crippen molar-refractivity contribution in [2.75, 3.05) is 6.54 Å². The lowest BCUT2D eigenvalue weighted by atomic mass is 10.4. The minimum absolute atomic E-state index is 0.204. The summed E-state index contributed by atoms with van der Waals surface area (Å²) in [6.45, 7) is 3.85. The van der Waals surface area contributed by atoms with Crippen LogP contribution < -0.4 is 5.32 Å². The summed E-state index contributed by atoms with van der Waals surface area (Å²) in [5, 5.41) is 10.3. The summed E-state index contributed by atoms with van der Waals surface area (Å²) < 4.78 is 0. The topological polar surface area (TPSA) is 66.4 Å². The number of nitrogens with one attached hydrogen (secondary N) is 1. The highest BCUT2D eigenvalue weighted by atomic mass is 16.4. The van der Waals surface area contributed by atoms with Crippen molar-refractivity contribution in [3.05, 3.63) is 12.7 Å². The van der Waals surface area contributed by atoms with Gasteiger partial charge in [-0.3, -0.25) is 4.79 Å². The van der Waals surface area contributed by atoms with Gasteiger partial charge in [-0.15, -0.1) is 0 Å². The Hall–Kier alpha value is -1.32. The minimum Gasteiger partial charge on any atom is -0.478 e. The molecule has 0 aromatic carbocycles. The lowest BCUT2D eigenvalue weighted by Gasteiger charge is -1.80. The number of carbonyl (C=O) groups is 2. The Morgan fingerprint density at radius 2 is 2.27 bits per heavy atom. The molecule has 0 bridgehead atoms. The molecule has 0 atom stereocenters. The first kappa shape index (κ1) is 9.68. The molecule has 0 unspecified atom stereocenters. The smallest absolute Gasteiger partial charge is 0.327 e. The molecule has 1 fully saturated rings. The van der Waals surface area contributed by atoms with Crippen LogP contribution in [-0.4, -0.2) is 23.5 Å².